The molecule has 2 saturated heterocycles. The van der Waals surface area contributed by atoms with Crippen molar-refractivity contribution in [3.05, 3.63) is 23.9 Å². The second-order valence-corrected chi connectivity index (χ2v) is 8.46. The second-order valence-electron chi connectivity index (χ2n) is 8.46. The zero-order chi connectivity index (χ0) is 19.9. The first-order chi connectivity index (χ1) is 13.6. The van der Waals surface area contributed by atoms with Crippen molar-refractivity contribution in [3.8, 4) is 0 Å². The monoisotopic (exact) mass is 514 g/mol. The Kier molecular flexibility index (Phi) is 9.95. The highest BCUT2D eigenvalue weighted by atomic mass is 127. The van der Waals surface area contributed by atoms with Crippen molar-refractivity contribution in [1.82, 2.24) is 20.1 Å². The number of likely N-dealkylation sites (tertiary alicyclic amines) is 1. The summed E-state index contributed by atoms with van der Waals surface area (Å²) in [6, 6.07) is 4.32. The standard InChI is InChI=1S/C22H38N6.HI/c1-5-23-22(28-16-18(3)13-19(4)17-28)25-15-20-7-8-24-21(14-20)27-11-9-26(6-2)10-12-27;/h7-8,14,18-19H,5-6,9-13,15-17H2,1-4H3,(H,23,25);1H. The van der Waals surface area contributed by atoms with E-state index in [9.17, 15) is 0 Å². The van der Waals surface area contributed by atoms with E-state index in [2.05, 4.69) is 64.8 Å². The second kappa shape index (κ2) is 11.9. The first-order valence-electron chi connectivity index (χ1n) is 11.0. The number of hydrogen-bond donors (Lipinski definition) is 1. The van der Waals surface area contributed by atoms with Gasteiger partial charge in [-0.25, -0.2) is 9.98 Å². The molecule has 0 saturated carbocycles. The number of piperazine rings is 1. The van der Waals surface area contributed by atoms with Crippen molar-refractivity contribution in [3.63, 3.8) is 0 Å². The van der Waals surface area contributed by atoms with Gasteiger partial charge < -0.3 is 20.0 Å². The van der Waals surface area contributed by atoms with Gasteiger partial charge >= 0.3 is 0 Å². The number of halogens is 1. The molecule has 2 aliphatic heterocycles. The van der Waals surface area contributed by atoms with Crippen LogP contribution in [0.25, 0.3) is 0 Å². The Bertz CT molecular complexity index is 634. The van der Waals surface area contributed by atoms with E-state index in [1.165, 1.54) is 12.0 Å². The molecule has 2 unspecified atom stereocenters. The minimum atomic E-state index is 0. The summed E-state index contributed by atoms with van der Waals surface area (Å²) in [5, 5.41) is 3.50. The van der Waals surface area contributed by atoms with E-state index in [4.69, 9.17) is 4.99 Å². The highest BCUT2D eigenvalue weighted by molar-refractivity contribution is 14.0. The summed E-state index contributed by atoms with van der Waals surface area (Å²) in [6.45, 7) is 18.4. The molecule has 1 N–H and O–H groups in total. The van der Waals surface area contributed by atoms with Crippen molar-refractivity contribution < 1.29 is 0 Å². The summed E-state index contributed by atoms with van der Waals surface area (Å²) in [5.74, 6) is 3.59. The molecule has 2 fully saturated rings. The first-order valence-corrected chi connectivity index (χ1v) is 11.0. The van der Waals surface area contributed by atoms with E-state index in [1.807, 2.05) is 6.20 Å². The summed E-state index contributed by atoms with van der Waals surface area (Å²) in [5.41, 5.74) is 1.23. The third-order valence-electron chi connectivity index (χ3n) is 5.87. The topological polar surface area (TPSA) is 47.0 Å². The molecule has 2 atom stereocenters. The first kappa shape index (κ1) is 24.2. The van der Waals surface area contributed by atoms with Gasteiger partial charge in [-0.15, -0.1) is 24.0 Å². The van der Waals surface area contributed by atoms with Gasteiger partial charge in [0.15, 0.2) is 5.96 Å². The number of rotatable bonds is 5. The molecule has 0 spiro atoms. The van der Waals surface area contributed by atoms with Crippen LogP contribution in [-0.2, 0) is 6.54 Å². The van der Waals surface area contributed by atoms with Crippen LogP contribution in [0.2, 0.25) is 0 Å². The van der Waals surface area contributed by atoms with E-state index in [0.29, 0.717) is 6.54 Å². The van der Waals surface area contributed by atoms with Crippen molar-refractivity contribution in [2.45, 2.75) is 40.7 Å². The Labute approximate surface area is 194 Å². The maximum Gasteiger partial charge on any atom is 0.194 e. The molecule has 3 rings (SSSR count). The molecule has 7 heteroatoms. The van der Waals surface area contributed by atoms with Crippen LogP contribution < -0.4 is 10.2 Å². The number of nitrogens with one attached hydrogen (secondary N) is 1. The highest BCUT2D eigenvalue weighted by Crippen LogP contribution is 2.21. The molecular formula is C22H39IN6. The van der Waals surface area contributed by atoms with Crippen molar-refractivity contribution in [2.75, 3.05) is 57.3 Å². The summed E-state index contributed by atoms with van der Waals surface area (Å²) >= 11 is 0. The van der Waals surface area contributed by atoms with Gasteiger partial charge in [0.25, 0.3) is 0 Å². The molecule has 1 aromatic rings. The molecule has 0 bridgehead atoms. The largest absolute Gasteiger partial charge is 0.357 e. The van der Waals surface area contributed by atoms with Gasteiger partial charge in [0.2, 0.25) is 0 Å². The molecule has 164 valence electrons. The number of aromatic nitrogens is 1. The summed E-state index contributed by atoms with van der Waals surface area (Å²) in [4.78, 5) is 16.9. The highest BCUT2D eigenvalue weighted by Gasteiger charge is 2.24. The maximum absolute atomic E-state index is 4.96. The Hall–Kier alpha value is -1.09. The number of hydrogen-bond acceptors (Lipinski definition) is 4. The smallest absolute Gasteiger partial charge is 0.194 e. The zero-order valence-electron chi connectivity index (χ0n) is 18.6. The Balaban J connectivity index is 0.00000300. The lowest BCUT2D eigenvalue weighted by Gasteiger charge is -2.37. The van der Waals surface area contributed by atoms with E-state index >= 15 is 0 Å². The number of aliphatic imine (C=N–C) groups is 1. The average molecular weight is 515 g/mol. The minimum Gasteiger partial charge on any atom is -0.357 e. The molecule has 0 aromatic carbocycles. The predicted molar refractivity (Wildman–Crippen MR) is 133 cm³/mol. The van der Waals surface area contributed by atoms with Crippen LogP contribution in [0.4, 0.5) is 5.82 Å². The fourth-order valence-corrected chi connectivity index (χ4v) is 4.45. The third kappa shape index (κ3) is 6.98. The molecule has 3 heterocycles. The molecule has 29 heavy (non-hydrogen) atoms. The third-order valence-corrected chi connectivity index (χ3v) is 5.87. The average Bonchev–Trinajstić information content (AvgIpc) is 2.70. The molecule has 1 aromatic heterocycles. The van der Waals surface area contributed by atoms with E-state index in [-0.39, 0.29) is 24.0 Å². The van der Waals surface area contributed by atoms with Crippen molar-refractivity contribution in [2.24, 2.45) is 16.8 Å². The van der Waals surface area contributed by atoms with Crippen LogP contribution in [0.1, 0.15) is 39.7 Å². The molecule has 0 amide bonds. The Morgan fingerprint density at radius 3 is 2.45 bits per heavy atom. The summed E-state index contributed by atoms with van der Waals surface area (Å²) in [6.07, 6.45) is 3.25. The van der Waals surface area contributed by atoms with Crippen LogP contribution >= 0.6 is 24.0 Å². The van der Waals surface area contributed by atoms with E-state index in [0.717, 1.165) is 76.0 Å². The van der Waals surface area contributed by atoms with Gasteiger partial charge in [0.1, 0.15) is 5.82 Å². The van der Waals surface area contributed by atoms with Crippen LogP contribution in [0, 0.1) is 11.8 Å². The number of nitrogens with zero attached hydrogens (tertiary/aromatic N) is 5. The fourth-order valence-electron chi connectivity index (χ4n) is 4.45. The number of guanidine groups is 1. The van der Waals surface area contributed by atoms with Gasteiger partial charge in [0, 0.05) is 52.0 Å². The van der Waals surface area contributed by atoms with Gasteiger partial charge in [0.05, 0.1) is 6.54 Å². The van der Waals surface area contributed by atoms with E-state index in [1.54, 1.807) is 0 Å². The zero-order valence-corrected chi connectivity index (χ0v) is 20.9. The Morgan fingerprint density at radius 1 is 1.14 bits per heavy atom. The number of piperidine rings is 1. The Morgan fingerprint density at radius 2 is 1.83 bits per heavy atom. The van der Waals surface area contributed by atoms with Gasteiger partial charge in [-0.3, -0.25) is 0 Å². The number of pyridine rings is 1. The van der Waals surface area contributed by atoms with Gasteiger partial charge in [-0.2, -0.15) is 0 Å². The van der Waals surface area contributed by atoms with Crippen LogP contribution in [0.15, 0.2) is 23.3 Å². The van der Waals surface area contributed by atoms with E-state index < -0.39 is 0 Å². The molecule has 6 nitrogen and oxygen atoms in total. The SMILES string of the molecule is CCNC(=NCc1ccnc(N2CCN(CC)CC2)c1)N1CC(C)CC(C)C1.I. The molecule has 0 radical (unpaired) electrons. The molecule has 2 aliphatic rings. The summed E-state index contributed by atoms with van der Waals surface area (Å²) in [7, 11) is 0. The molecular weight excluding hydrogens is 475 g/mol. The van der Waals surface area contributed by atoms with Crippen molar-refractivity contribution >= 4 is 35.8 Å². The molecule has 0 aliphatic carbocycles. The van der Waals surface area contributed by atoms with Gasteiger partial charge in [-0.1, -0.05) is 20.8 Å². The van der Waals surface area contributed by atoms with Crippen LogP contribution in [-0.4, -0.2) is 73.1 Å². The van der Waals surface area contributed by atoms with Crippen molar-refractivity contribution in [1.29, 1.82) is 0 Å². The maximum atomic E-state index is 4.96. The number of anilines is 1. The predicted octanol–water partition coefficient (Wildman–Crippen LogP) is 3.28. The van der Waals surface area contributed by atoms with Gasteiger partial charge in [-0.05, 0) is 49.4 Å². The van der Waals surface area contributed by atoms with Crippen LogP contribution in [0.3, 0.4) is 0 Å². The normalized spacial score (nSPS) is 23.7. The number of likely N-dealkylation sites (N-methyl/N-ethyl adjacent to an activating group) is 1. The lowest BCUT2D eigenvalue weighted by Crippen LogP contribution is -2.48. The summed E-state index contributed by atoms with van der Waals surface area (Å²) < 4.78 is 0. The lowest BCUT2D eigenvalue weighted by atomic mass is 9.92. The lowest BCUT2D eigenvalue weighted by molar-refractivity contribution is 0.208. The fraction of sp³-hybridized carbons (Fsp3) is 0.727. The van der Waals surface area contributed by atoms with Crippen LogP contribution in [0.5, 0.6) is 0 Å². The quantitative estimate of drug-likeness (QED) is 0.372. The minimum absolute atomic E-state index is 0.